The molecule has 184 valence electrons. The molecule has 2 amide bonds. The molecule has 0 spiro atoms. The van der Waals surface area contributed by atoms with Crippen molar-refractivity contribution in [2.75, 3.05) is 23.4 Å². The second-order valence-electron chi connectivity index (χ2n) is 7.77. The molecule has 0 bridgehead atoms. The Labute approximate surface area is 224 Å². The topological polar surface area (TPSA) is 67.9 Å². The predicted octanol–water partition coefficient (Wildman–Crippen LogP) is 6.47. The Kier molecular flexibility index (Phi) is 8.30. The van der Waals surface area contributed by atoms with E-state index in [-0.39, 0.29) is 29.2 Å². The number of benzene rings is 3. The van der Waals surface area contributed by atoms with Gasteiger partial charge in [0.15, 0.2) is 22.4 Å². The van der Waals surface area contributed by atoms with Crippen molar-refractivity contribution in [3.05, 3.63) is 87.8 Å². The van der Waals surface area contributed by atoms with Gasteiger partial charge in [-0.05, 0) is 61.4 Å². The summed E-state index contributed by atoms with van der Waals surface area (Å²) in [6.45, 7) is 3.88. The quantitative estimate of drug-likeness (QED) is 0.262. The third kappa shape index (κ3) is 5.90. The zero-order chi connectivity index (χ0) is 25.7. The Hall–Kier alpha value is -3.33. The number of ether oxygens (including phenoxy) is 2. The van der Waals surface area contributed by atoms with Crippen LogP contribution in [0.25, 0.3) is 6.08 Å². The molecular weight excluding hydrogens is 516 g/mol. The molecule has 9 heteroatoms. The Bertz CT molecular complexity index is 1340. The van der Waals surface area contributed by atoms with E-state index in [1.54, 1.807) is 30.3 Å². The number of hydrogen-bond acceptors (Lipinski definition) is 6. The van der Waals surface area contributed by atoms with E-state index in [0.29, 0.717) is 32.8 Å². The molecule has 0 saturated carbocycles. The minimum Gasteiger partial charge on any atom is -0.490 e. The molecule has 0 unspecified atom stereocenters. The molecule has 6 nitrogen and oxygen atoms in total. The van der Waals surface area contributed by atoms with Crippen LogP contribution in [0.15, 0.2) is 71.6 Å². The molecule has 3 aromatic rings. The zero-order valence-corrected chi connectivity index (χ0v) is 22.0. The first kappa shape index (κ1) is 25.8. The average Bonchev–Trinajstić information content (AvgIpc) is 3.12. The van der Waals surface area contributed by atoms with Crippen LogP contribution in [-0.2, 0) is 9.59 Å². The second kappa shape index (κ2) is 11.6. The van der Waals surface area contributed by atoms with Crippen molar-refractivity contribution in [3.63, 3.8) is 0 Å². The van der Waals surface area contributed by atoms with Crippen LogP contribution in [0, 0.1) is 6.92 Å². The minimum atomic E-state index is -0.330. The highest BCUT2D eigenvalue weighted by Gasteiger charge is 2.34. The summed E-state index contributed by atoms with van der Waals surface area (Å²) in [5, 5.41) is 3.02. The van der Waals surface area contributed by atoms with Crippen molar-refractivity contribution in [1.82, 2.24) is 0 Å². The Morgan fingerprint density at radius 3 is 2.56 bits per heavy atom. The van der Waals surface area contributed by atoms with E-state index in [1.165, 1.54) is 16.7 Å². The van der Waals surface area contributed by atoms with Gasteiger partial charge >= 0.3 is 0 Å². The van der Waals surface area contributed by atoms with Crippen molar-refractivity contribution < 1.29 is 19.1 Å². The van der Waals surface area contributed by atoms with E-state index in [2.05, 4.69) is 5.32 Å². The third-order valence-corrected chi connectivity index (χ3v) is 6.77. The summed E-state index contributed by atoms with van der Waals surface area (Å²) in [4.78, 5) is 27.5. The number of hydrogen-bond donors (Lipinski definition) is 1. The highest BCUT2D eigenvalue weighted by atomic mass is 35.5. The summed E-state index contributed by atoms with van der Waals surface area (Å²) in [6.07, 6.45) is 1.72. The number of rotatable bonds is 8. The molecule has 1 aliphatic rings. The first-order chi connectivity index (χ1) is 17.4. The molecule has 0 aromatic heterocycles. The van der Waals surface area contributed by atoms with Gasteiger partial charge in [0, 0.05) is 5.69 Å². The number of carbonyl (C=O) groups is 2. The molecular formula is C27H23ClN2O4S2. The van der Waals surface area contributed by atoms with Crippen molar-refractivity contribution >= 4 is 69.2 Å². The zero-order valence-electron chi connectivity index (χ0n) is 19.6. The molecule has 3 aromatic carbocycles. The summed E-state index contributed by atoms with van der Waals surface area (Å²) >= 11 is 13.2. The molecule has 4 rings (SSSR count). The second-order valence-corrected chi connectivity index (χ2v) is 9.85. The molecule has 1 aliphatic heterocycles. The summed E-state index contributed by atoms with van der Waals surface area (Å²) < 4.78 is 11.9. The fourth-order valence-corrected chi connectivity index (χ4v) is 5.13. The van der Waals surface area contributed by atoms with Crippen LogP contribution in [0.4, 0.5) is 11.4 Å². The van der Waals surface area contributed by atoms with Crippen molar-refractivity contribution in [2.24, 2.45) is 0 Å². The van der Waals surface area contributed by atoms with Crippen LogP contribution in [0.3, 0.4) is 0 Å². The molecule has 1 N–H and O–H groups in total. The standard InChI is InChI=1S/C27H23ClN2O4S2/c1-3-33-22-14-18(13-20(28)25(22)34-16-24(31)29-19-10-5-4-6-11-19)15-23-26(32)30(27(35)36-23)21-12-8-7-9-17(21)2/h4-15H,3,16H2,1-2H3,(H,29,31)/b23-15-. The molecule has 1 saturated heterocycles. The first-order valence-electron chi connectivity index (χ1n) is 11.1. The first-order valence-corrected chi connectivity index (χ1v) is 12.7. The van der Waals surface area contributed by atoms with Gasteiger partial charge in [0.1, 0.15) is 0 Å². The van der Waals surface area contributed by atoms with E-state index >= 15 is 0 Å². The van der Waals surface area contributed by atoms with Gasteiger partial charge < -0.3 is 14.8 Å². The molecule has 0 atom stereocenters. The lowest BCUT2D eigenvalue weighted by molar-refractivity contribution is -0.118. The lowest BCUT2D eigenvalue weighted by atomic mass is 10.1. The molecule has 1 fully saturated rings. The molecule has 1 heterocycles. The van der Waals surface area contributed by atoms with Crippen molar-refractivity contribution in [2.45, 2.75) is 13.8 Å². The summed E-state index contributed by atoms with van der Waals surface area (Å²) in [5.74, 6) is 0.0967. The maximum Gasteiger partial charge on any atom is 0.270 e. The summed E-state index contributed by atoms with van der Waals surface area (Å²) in [6, 6.07) is 20.1. The number of nitrogens with one attached hydrogen (secondary N) is 1. The highest BCUT2D eigenvalue weighted by Crippen LogP contribution is 2.40. The fraction of sp³-hybridized carbons (Fsp3) is 0.148. The predicted molar refractivity (Wildman–Crippen MR) is 150 cm³/mol. The molecule has 0 aliphatic carbocycles. The number of para-hydroxylation sites is 2. The number of thioether (sulfide) groups is 1. The minimum absolute atomic E-state index is 0.203. The van der Waals surface area contributed by atoms with E-state index in [1.807, 2.05) is 56.3 Å². The van der Waals surface area contributed by atoms with E-state index in [4.69, 9.17) is 33.3 Å². The van der Waals surface area contributed by atoms with Crippen LogP contribution in [0.5, 0.6) is 11.5 Å². The Morgan fingerprint density at radius 1 is 1.11 bits per heavy atom. The maximum atomic E-state index is 13.2. The van der Waals surface area contributed by atoms with Gasteiger partial charge in [0.25, 0.3) is 11.8 Å². The lowest BCUT2D eigenvalue weighted by Gasteiger charge is -2.16. The van der Waals surface area contributed by atoms with Crippen LogP contribution < -0.4 is 19.7 Å². The normalized spacial score (nSPS) is 14.3. The summed E-state index contributed by atoms with van der Waals surface area (Å²) in [5.41, 5.74) is 3.03. The number of nitrogens with zero attached hydrogens (tertiary/aromatic N) is 1. The summed E-state index contributed by atoms with van der Waals surface area (Å²) in [7, 11) is 0. The van der Waals surface area contributed by atoms with Crippen LogP contribution >= 0.6 is 35.6 Å². The van der Waals surface area contributed by atoms with Gasteiger partial charge in [0.2, 0.25) is 0 Å². The SMILES string of the molecule is CCOc1cc(/C=C2\SC(=S)N(c3ccccc3C)C2=O)cc(Cl)c1OCC(=O)Nc1ccccc1. The van der Waals surface area contributed by atoms with E-state index in [0.717, 1.165) is 11.3 Å². The van der Waals surface area contributed by atoms with Crippen molar-refractivity contribution in [3.8, 4) is 11.5 Å². The van der Waals surface area contributed by atoms with Gasteiger partial charge in [-0.1, -0.05) is 72.0 Å². The molecule has 36 heavy (non-hydrogen) atoms. The van der Waals surface area contributed by atoms with E-state index < -0.39 is 0 Å². The Balaban J connectivity index is 1.54. The van der Waals surface area contributed by atoms with Crippen LogP contribution in [0.1, 0.15) is 18.1 Å². The number of aryl methyl sites for hydroxylation is 1. The number of halogens is 1. The number of amides is 2. The van der Waals surface area contributed by atoms with Gasteiger partial charge in [0.05, 0.1) is 22.2 Å². The van der Waals surface area contributed by atoms with Crippen LogP contribution in [0.2, 0.25) is 5.02 Å². The average molecular weight is 539 g/mol. The highest BCUT2D eigenvalue weighted by molar-refractivity contribution is 8.27. The smallest absolute Gasteiger partial charge is 0.270 e. The maximum absolute atomic E-state index is 13.2. The van der Waals surface area contributed by atoms with Gasteiger partial charge in [-0.15, -0.1) is 0 Å². The van der Waals surface area contributed by atoms with Crippen molar-refractivity contribution in [1.29, 1.82) is 0 Å². The lowest BCUT2D eigenvalue weighted by Crippen LogP contribution is -2.28. The largest absolute Gasteiger partial charge is 0.490 e. The monoisotopic (exact) mass is 538 g/mol. The third-order valence-electron chi connectivity index (χ3n) is 5.18. The fourth-order valence-electron chi connectivity index (χ4n) is 3.57. The van der Waals surface area contributed by atoms with Gasteiger partial charge in [-0.2, -0.15) is 0 Å². The van der Waals surface area contributed by atoms with Gasteiger partial charge in [-0.25, -0.2) is 0 Å². The number of thiocarbonyl (C=S) groups is 1. The van der Waals surface area contributed by atoms with Gasteiger partial charge in [-0.3, -0.25) is 14.5 Å². The Morgan fingerprint density at radius 2 is 1.83 bits per heavy atom. The van der Waals surface area contributed by atoms with Crippen LogP contribution in [-0.4, -0.2) is 29.3 Å². The number of carbonyl (C=O) groups excluding carboxylic acids is 2. The number of anilines is 2. The molecule has 0 radical (unpaired) electrons. The van der Waals surface area contributed by atoms with E-state index in [9.17, 15) is 9.59 Å².